The lowest BCUT2D eigenvalue weighted by Crippen LogP contribution is -2.01. The fourth-order valence-electron chi connectivity index (χ4n) is 1.53. The summed E-state index contributed by atoms with van der Waals surface area (Å²) in [4.78, 5) is 20.8. The second kappa shape index (κ2) is 4.17. The van der Waals surface area contributed by atoms with Crippen LogP contribution in [0, 0.1) is 17.0 Å². The van der Waals surface area contributed by atoms with E-state index in [0.717, 1.165) is 0 Å². The topological polar surface area (TPSA) is 78.0 Å². The van der Waals surface area contributed by atoms with Crippen LogP contribution < -0.4 is 0 Å². The van der Waals surface area contributed by atoms with Crippen LogP contribution in [0.4, 0.5) is 5.69 Å². The monoisotopic (exact) mass is 231 g/mol. The van der Waals surface area contributed by atoms with Crippen molar-refractivity contribution < 1.29 is 9.72 Å². The first-order chi connectivity index (χ1) is 8.11. The molecule has 6 heteroatoms. The Balaban J connectivity index is 2.46. The number of non-ortho nitro benzene ring substituents is 1. The molecule has 0 aliphatic heterocycles. The second-order valence-electron chi connectivity index (χ2n) is 3.51. The Kier molecular flexibility index (Phi) is 2.70. The number of hydrogen-bond acceptors (Lipinski definition) is 4. The fourth-order valence-corrected chi connectivity index (χ4v) is 1.53. The molecule has 6 nitrogen and oxygen atoms in total. The number of rotatable bonds is 3. The van der Waals surface area contributed by atoms with E-state index in [4.69, 9.17) is 0 Å². The van der Waals surface area contributed by atoms with Crippen LogP contribution in [0.2, 0.25) is 0 Å². The molecule has 17 heavy (non-hydrogen) atoms. The quantitative estimate of drug-likeness (QED) is 0.459. The van der Waals surface area contributed by atoms with E-state index < -0.39 is 4.92 Å². The molecule has 2 aromatic rings. The van der Waals surface area contributed by atoms with Crippen LogP contribution in [-0.2, 0) is 0 Å². The third-order valence-corrected chi connectivity index (χ3v) is 2.28. The predicted octanol–water partition coefficient (Wildman–Crippen LogP) is 1.90. The summed E-state index contributed by atoms with van der Waals surface area (Å²) in [6, 6.07) is 7.51. The summed E-state index contributed by atoms with van der Waals surface area (Å²) in [6.45, 7) is 1.77. The average Bonchev–Trinajstić information content (AvgIpc) is 2.70. The lowest BCUT2D eigenvalue weighted by molar-refractivity contribution is -0.384. The zero-order valence-corrected chi connectivity index (χ0v) is 9.03. The van der Waals surface area contributed by atoms with Crippen molar-refractivity contribution in [2.75, 3.05) is 0 Å². The Morgan fingerprint density at radius 1 is 1.35 bits per heavy atom. The fraction of sp³-hybridized carbons (Fsp3) is 0.0909. The van der Waals surface area contributed by atoms with Gasteiger partial charge in [0, 0.05) is 12.1 Å². The van der Waals surface area contributed by atoms with Crippen molar-refractivity contribution in [1.82, 2.24) is 9.78 Å². The van der Waals surface area contributed by atoms with Crippen LogP contribution >= 0.6 is 0 Å². The number of carbonyl (C=O) groups excluding carboxylic acids is 1. The van der Waals surface area contributed by atoms with Crippen LogP contribution in [0.3, 0.4) is 0 Å². The number of carbonyl (C=O) groups is 1. The summed E-state index contributed by atoms with van der Waals surface area (Å²) < 4.78 is 1.45. The van der Waals surface area contributed by atoms with Crippen LogP contribution in [0.15, 0.2) is 30.3 Å². The maximum absolute atomic E-state index is 10.8. The van der Waals surface area contributed by atoms with Crippen molar-refractivity contribution in [3.8, 4) is 5.69 Å². The Bertz CT molecular complexity index is 572. The van der Waals surface area contributed by atoms with Gasteiger partial charge in [-0.3, -0.25) is 14.9 Å². The average molecular weight is 231 g/mol. The van der Waals surface area contributed by atoms with E-state index in [2.05, 4.69) is 5.10 Å². The smallest absolute Gasteiger partial charge is 0.269 e. The summed E-state index contributed by atoms with van der Waals surface area (Å²) in [5.41, 5.74) is 1.75. The number of hydrogen-bond donors (Lipinski definition) is 0. The molecular formula is C11H9N3O3. The van der Waals surface area contributed by atoms with Gasteiger partial charge in [0.15, 0.2) is 6.29 Å². The normalized spacial score (nSPS) is 10.2. The van der Waals surface area contributed by atoms with Gasteiger partial charge in [-0.25, -0.2) is 4.68 Å². The van der Waals surface area contributed by atoms with E-state index in [9.17, 15) is 14.9 Å². The minimum absolute atomic E-state index is 0.00489. The predicted molar refractivity (Wildman–Crippen MR) is 60.3 cm³/mol. The van der Waals surface area contributed by atoms with Gasteiger partial charge in [-0.2, -0.15) is 5.10 Å². The highest BCUT2D eigenvalue weighted by Crippen LogP contribution is 2.16. The molecule has 0 bridgehead atoms. The van der Waals surface area contributed by atoms with Crippen LogP contribution in [0.1, 0.15) is 16.2 Å². The Labute approximate surface area is 96.6 Å². The molecule has 1 aromatic heterocycles. The molecule has 0 aliphatic carbocycles. The highest BCUT2D eigenvalue weighted by Gasteiger charge is 2.09. The molecule has 0 amide bonds. The van der Waals surface area contributed by atoms with Gasteiger partial charge in [0.25, 0.3) is 5.69 Å². The van der Waals surface area contributed by atoms with Gasteiger partial charge >= 0.3 is 0 Å². The third kappa shape index (κ3) is 2.05. The first kappa shape index (κ1) is 11.0. The molecule has 0 atom stereocenters. The van der Waals surface area contributed by atoms with E-state index in [0.29, 0.717) is 23.4 Å². The first-order valence-electron chi connectivity index (χ1n) is 4.88. The number of aldehydes is 1. The van der Waals surface area contributed by atoms with Crippen LogP contribution in [0.25, 0.3) is 5.69 Å². The molecule has 0 N–H and O–H groups in total. The standard InChI is InChI=1S/C11H9N3O3/c1-8-6-11(7-15)13(12-8)9-2-4-10(5-3-9)14(16)17/h2-7H,1H3. The Hall–Kier alpha value is -2.50. The van der Waals surface area contributed by atoms with Gasteiger partial charge in [0.2, 0.25) is 0 Å². The molecular weight excluding hydrogens is 222 g/mol. The van der Waals surface area contributed by atoms with Crippen LogP contribution in [-0.4, -0.2) is 21.0 Å². The van der Waals surface area contributed by atoms with Gasteiger partial charge in [0.1, 0.15) is 5.69 Å². The molecule has 0 spiro atoms. The molecule has 0 unspecified atom stereocenters. The number of nitrogens with zero attached hydrogens (tertiary/aromatic N) is 3. The van der Waals surface area contributed by atoms with Crippen molar-refractivity contribution in [1.29, 1.82) is 0 Å². The minimum atomic E-state index is -0.473. The van der Waals surface area contributed by atoms with Crippen molar-refractivity contribution in [2.45, 2.75) is 6.92 Å². The van der Waals surface area contributed by atoms with Gasteiger partial charge in [-0.1, -0.05) is 0 Å². The number of aromatic nitrogens is 2. The van der Waals surface area contributed by atoms with E-state index >= 15 is 0 Å². The van der Waals surface area contributed by atoms with Crippen molar-refractivity contribution >= 4 is 12.0 Å². The Morgan fingerprint density at radius 3 is 2.53 bits per heavy atom. The SMILES string of the molecule is Cc1cc(C=O)n(-c2ccc([N+](=O)[O-])cc2)n1. The molecule has 0 radical (unpaired) electrons. The molecule has 0 fully saturated rings. The summed E-state index contributed by atoms with van der Waals surface area (Å²) in [7, 11) is 0. The molecule has 0 saturated heterocycles. The molecule has 0 saturated carbocycles. The number of aryl methyl sites for hydroxylation is 1. The second-order valence-corrected chi connectivity index (χ2v) is 3.51. The molecule has 1 aromatic carbocycles. The minimum Gasteiger partial charge on any atom is -0.296 e. The zero-order valence-electron chi connectivity index (χ0n) is 9.03. The van der Waals surface area contributed by atoms with Crippen molar-refractivity contribution in [3.05, 3.63) is 51.8 Å². The zero-order chi connectivity index (χ0) is 12.4. The van der Waals surface area contributed by atoms with E-state index in [1.165, 1.54) is 16.8 Å². The highest BCUT2D eigenvalue weighted by molar-refractivity contribution is 5.73. The number of benzene rings is 1. The third-order valence-electron chi connectivity index (χ3n) is 2.28. The first-order valence-corrected chi connectivity index (χ1v) is 4.88. The van der Waals surface area contributed by atoms with Crippen molar-refractivity contribution in [2.24, 2.45) is 0 Å². The molecule has 0 aliphatic rings. The van der Waals surface area contributed by atoms with E-state index in [1.807, 2.05) is 0 Å². The van der Waals surface area contributed by atoms with Gasteiger partial charge in [0.05, 0.1) is 16.3 Å². The summed E-state index contributed by atoms with van der Waals surface area (Å²) >= 11 is 0. The number of nitro groups is 1. The number of nitro benzene ring substituents is 1. The summed E-state index contributed by atoms with van der Waals surface area (Å²) in [5, 5.41) is 14.6. The van der Waals surface area contributed by atoms with Crippen LogP contribution in [0.5, 0.6) is 0 Å². The summed E-state index contributed by atoms with van der Waals surface area (Å²) in [5.74, 6) is 0. The van der Waals surface area contributed by atoms with Gasteiger partial charge < -0.3 is 0 Å². The molecule has 1 heterocycles. The largest absolute Gasteiger partial charge is 0.296 e. The lowest BCUT2D eigenvalue weighted by Gasteiger charge is -2.02. The maximum Gasteiger partial charge on any atom is 0.269 e. The van der Waals surface area contributed by atoms with E-state index in [1.54, 1.807) is 25.1 Å². The Morgan fingerprint density at radius 2 is 2.00 bits per heavy atom. The molecule has 86 valence electrons. The van der Waals surface area contributed by atoms with Gasteiger partial charge in [-0.05, 0) is 25.1 Å². The van der Waals surface area contributed by atoms with E-state index in [-0.39, 0.29) is 5.69 Å². The summed E-state index contributed by atoms with van der Waals surface area (Å²) in [6.07, 6.45) is 0.696. The molecule has 2 rings (SSSR count). The maximum atomic E-state index is 10.8. The van der Waals surface area contributed by atoms with Crippen molar-refractivity contribution in [3.63, 3.8) is 0 Å². The lowest BCUT2D eigenvalue weighted by atomic mass is 10.3. The highest BCUT2D eigenvalue weighted by atomic mass is 16.6. The van der Waals surface area contributed by atoms with Gasteiger partial charge in [-0.15, -0.1) is 0 Å².